The second-order valence-corrected chi connectivity index (χ2v) is 9.30. The number of hydrogen-bond acceptors (Lipinski definition) is 5. The number of anilines is 1. The standard InChI is InChI=1S/C27H20ClN5O/c28-18-11-9-17(10-12-18)14-33-23-8-4-3-7-22(23)27(25(33)34)21-6-2-1-5-19(21)20(13-29)24(32)26(27,15-30)16-31/h3-5,7-12,21H,1-2,6,14,32H2/t21-,27-/m0/s1. The third kappa shape index (κ3) is 2.57. The van der Waals surface area contributed by atoms with Crippen LogP contribution in [0.15, 0.2) is 71.5 Å². The fourth-order valence-electron chi connectivity index (χ4n) is 5.98. The minimum Gasteiger partial charge on any atom is -0.399 e. The molecule has 34 heavy (non-hydrogen) atoms. The van der Waals surface area contributed by atoms with Crippen molar-refractivity contribution in [1.82, 2.24) is 0 Å². The highest BCUT2D eigenvalue weighted by atomic mass is 35.5. The average molecular weight is 466 g/mol. The first-order chi connectivity index (χ1) is 16.5. The first-order valence-corrected chi connectivity index (χ1v) is 11.4. The number of halogens is 1. The van der Waals surface area contributed by atoms with E-state index in [0.29, 0.717) is 28.3 Å². The molecule has 0 bridgehead atoms. The molecule has 5 rings (SSSR count). The number of benzene rings is 2. The number of fused-ring (bicyclic) bond motifs is 4. The molecule has 0 aromatic heterocycles. The Morgan fingerprint density at radius 1 is 1.09 bits per heavy atom. The lowest BCUT2D eigenvalue weighted by Gasteiger charge is -2.49. The normalized spacial score (nSPS) is 24.5. The Labute approximate surface area is 202 Å². The van der Waals surface area contributed by atoms with E-state index in [9.17, 15) is 20.6 Å². The SMILES string of the molecule is N#CC1=C(N)C(C#N)(C#N)[C@@]2(C(=O)N(Cc3ccc(Cl)cc3)c3ccccc32)[C@H]2CCCC=C12. The number of allylic oxidation sites excluding steroid dienone is 4. The van der Waals surface area contributed by atoms with Crippen LogP contribution in [0.3, 0.4) is 0 Å². The number of hydrogen-bond donors (Lipinski definition) is 1. The molecule has 0 saturated heterocycles. The summed E-state index contributed by atoms with van der Waals surface area (Å²) in [6, 6.07) is 20.9. The van der Waals surface area contributed by atoms with Crippen molar-refractivity contribution in [2.24, 2.45) is 17.1 Å². The van der Waals surface area contributed by atoms with Gasteiger partial charge in [-0.25, -0.2) is 0 Å². The van der Waals surface area contributed by atoms with Gasteiger partial charge in [0.1, 0.15) is 11.5 Å². The number of nitrogens with two attached hydrogens (primary N) is 1. The topological polar surface area (TPSA) is 118 Å². The molecule has 0 saturated carbocycles. The number of rotatable bonds is 2. The van der Waals surface area contributed by atoms with Crippen LogP contribution in [0.5, 0.6) is 0 Å². The van der Waals surface area contributed by atoms with Gasteiger partial charge in [0.25, 0.3) is 0 Å². The van der Waals surface area contributed by atoms with Gasteiger partial charge in [0, 0.05) is 16.6 Å². The van der Waals surface area contributed by atoms with Crippen molar-refractivity contribution >= 4 is 23.2 Å². The van der Waals surface area contributed by atoms with Gasteiger partial charge in [-0.2, -0.15) is 15.8 Å². The van der Waals surface area contributed by atoms with E-state index in [2.05, 4.69) is 18.2 Å². The van der Waals surface area contributed by atoms with E-state index in [1.54, 1.807) is 17.0 Å². The molecule has 0 unspecified atom stereocenters. The maximum absolute atomic E-state index is 14.5. The van der Waals surface area contributed by atoms with E-state index in [4.69, 9.17) is 17.3 Å². The van der Waals surface area contributed by atoms with E-state index >= 15 is 0 Å². The van der Waals surface area contributed by atoms with Crippen LogP contribution in [-0.4, -0.2) is 5.91 Å². The summed E-state index contributed by atoms with van der Waals surface area (Å²) in [6.45, 7) is 0.252. The summed E-state index contributed by atoms with van der Waals surface area (Å²) in [5.41, 5.74) is 5.71. The van der Waals surface area contributed by atoms with Gasteiger partial charge in [-0.1, -0.05) is 48.0 Å². The predicted octanol–water partition coefficient (Wildman–Crippen LogP) is 4.63. The van der Waals surface area contributed by atoms with Crippen LogP contribution in [0.1, 0.15) is 30.4 Å². The first-order valence-electron chi connectivity index (χ1n) is 11.1. The summed E-state index contributed by atoms with van der Waals surface area (Å²) in [6.07, 6.45) is 4.05. The second kappa shape index (κ2) is 7.77. The maximum Gasteiger partial charge on any atom is 0.241 e. The van der Waals surface area contributed by atoms with Crippen LogP contribution in [-0.2, 0) is 16.8 Å². The van der Waals surface area contributed by atoms with Gasteiger partial charge in [0.15, 0.2) is 0 Å². The van der Waals surface area contributed by atoms with Gasteiger partial charge in [0.05, 0.1) is 30.0 Å². The molecule has 1 spiro atoms. The molecular weight excluding hydrogens is 446 g/mol. The summed E-state index contributed by atoms with van der Waals surface area (Å²) < 4.78 is 0. The number of nitrogens with zero attached hydrogens (tertiary/aromatic N) is 4. The van der Waals surface area contributed by atoms with Gasteiger partial charge < -0.3 is 10.6 Å². The van der Waals surface area contributed by atoms with Crippen LogP contribution in [0.4, 0.5) is 5.69 Å². The summed E-state index contributed by atoms with van der Waals surface area (Å²) in [5, 5.41) is 31.5. The Bertz CT molecular complexity index is 1390. The fourth-order valence-corrected chi connectivity index (χ4v) is 6.10. The predicted molar refractivity (Wildman–Crippen MR) is 127 cm³/mol. The highest BCUT2D eigenvalue weighted by molar-refractivity contribution is 6.30. The fraction of sp³-hybridized carbons (Fsp3) is 0.259. The smallest absolute Gasteiger partial charge is 0.241 e. The van der Waals surface area contributed by atoms with E-state index < -0.39 is 16.7 Å². The third-order valence-electron chi connectivity index (χ3n) is 7.42. The molecular formula is C27H20ClN5O. The van der Waals surface area contributed by atoms with Crippen molar-refractivity contribution in [3.8, 4) is 18.2 Å². The van der Waals surface area contributed by atoms with Gasteiger partial charge in [-0.15, -0.1) is 0 Å². The molecule has 2 N–H and O–H groups in total. The zero-order valence-electron chi connectivity index (χ0n) is 18.3. The van der Waals surface area contributed by atoms with Crippen molar-refractivity contribution in [3.63, 3.8) is 0 Å². The average Bonchev–Trinajstić information content (AvgIpc) is 3.11. The van der Waals surface area contributed by atoms with Crippen molar-refractivity contribution in [2.45, 2.75) is 31.2 Å². The molecule has 3 aliphatic rings. The number of amides is 1. The molecule has 0 fully saturated rings. The van der Waals surface area contributed by atoms with Gasteiger partial charge >= 0.3 is 0 Å². The van der Waals surface area contributed by atoms with Gasteiger partial charge in [0.2, 0.25) is 11.3 Å². The molecule has 2 atom stereocenters. The van der Waals surface area contributed by atoms with Crippen LogP contribution in [0.2, 0.25) is 5.02 Å². The van der Waals surface area contributed by atoms with E-state index in [1.807, 2.05) is 42.5 Å². The van der Waals surface area contributed by atoms with Gasteiger partial charge in [-0.05, 0) is 54.2 Å². The lowest BCUT2D eigenvalue weighted by Crippen LogP contribution is -2.61. The molecule has 7 heteroatoms. The molecule has 2 aromatic rings. The molecule has 1 amide bonds. The minimum absolute atomic E-state index is 0.138. The Balaban J connectivity index is 1.82. The van der Waals surface area contributed by atoms with Crippen LogP contribution >= 0.6 is 11.6 Å². The lowest BCUT2D eigenvalue weighted by molar-refractivity contribution is -0.127. The zero-order chi connectivity index (χ0) is 24.1. The van der Waals surface area contributed by atoms with E-state index in [1.165, 1.54) is 0 Å². The number of carbonyl (C=O) groups excluding carboxylic acids is 1. The molecule has 2 aliphatic carbocycles. The molecule has 1 aliphatic heterocycles. The molecule has 6 nitrogen and oxygen atoms in total. The monoisotopic (exact) mass is 465 g/mol. The molecule has 166 valence electrons. The van der Waals surface area contributed by atoms with Crippen molar-refractivity contribution in [1.29, 1.82) is 15.8 Å². The Morgan fingerprint density at radius 3 is 2.47 bits per heavy atom. The molecule has 1 heterocycles. The summed E-state index contributed by atoms with van der Waals surface area (Å²) in [5.74, 6) is -0.851. The van der Waals surface area contributed by atoms with E-state index in [0.717, 1.165) is 18.4 Å². The van der Waals surface area contributed by atoms with Crippen LogP contribution < -0.4 is 10.6 Å². The largest absolute Gasteiger partial charge is 0.399 e. The Kier molecular flexibility index (Phi) is 4.98. The first kappa shape index (κ1) is 21.8. The second-order valence-electron chi connectivity index (χ2n) is 8.86. The molecule has 0 radical (unpaired) electrons. The van der Waals surface area contributed by atoms with Crippen LogP contribution in [0.25, 0.3) is 0 Å². The Hall–Kier alpha value is -4.05. The van der Waals surface area contributed by atoms with E-state index in [-0.39, 0.29) is 23.7 Å². The number of para-hydroxylation sites is 1. The van der Waals surface area contributed by atoms with Crippen molar-refractivity contribution in [3.05, 3.63) is 87.6 Å². The lowest BCUT2D eigenvalue weighted by atomic mass is 9.47. The maximum atomic E-state index is 14.5. The quantitative estimate of drug-likeness (QED) is 0.693. The highest BCUT2D eigenvalue weighted by Gasteiger charge is 2.72. The third-order valence-corrected chi connectivity index (χ3v) is 7.67. The van der Waals surface area contributed by atoms with Crippen molar-refractivity contribution < 1.29 is 4.79 Å². The number of nitriles is 3. The number of carbonyl (C=O) groups is 1. The van der Waals surface area contributed by atoms with Gasteiger partial charge in [-0.3, -0.25) is 4.79 Å². The molecule has 2 aromatic carbocycles. The van der Waals surface area contributed by atoms with Crippen molar-refractivity contribution in [2.75, 3.05) is 4.90 Å². The Morgan fingerprint density at radius 2 is 1.79 bits per heavy atom. The summed E-state index contributed by atoms with van der Waals surface area (Å²) >= 11 is 6.05. The highest BCUT2D eigenvalue weighted by Crippen LogP contribution is 2.64. The van der Waals surface area contributed by atoms with Crippen LogP contribution in [0, 0.1) is 45.3 Å². The summed E-state index contributed by atoms with van der Waals surface area (Å²) in [4.78, 5) is 16.2. The summed E-state index contributed by atoms with van der Waals surface area (Å²) in [7, 11) is 0. The zero-order valence-corrected chi connectivity index (χ0v) is 19.0. The minimum atomic E-state index is -2.01.